The summed E-state index contributed by atoms with van der Waals surface area (Å²) < 4.78 is 10.6. The first kappa shape index (κ1) is 20.6. The molecule has 0 unspecified atom stereocenters. The topological polar surface area (TPSA) is 62.3 Å². The molecule has 2 atom stereocenters. The molecule has 2 heterocycles. The minimum absolute atomic E-state index is 0.0762. The quantitative estimate of drug-likeness (QED) is 0.736. The molecule has 0 saturated carbocycles. The van der Waals surface area contributed by atoms with E-state index >= 15 is 0 Å². The van der Waals surface area contributed by atoms with Crippen molar-refractivity contribution >= 4 is 11.8 Å². The Morgan fingerprint density at radius 1 is 1.18 bits per heavy atom. The predicted octanol–water partition coefficient (Wildman–Crippen LogP) is 1.40. The fraction of sp³-hybridized carbons (Fsp3) is 0.619. The van der Waals surface area contributed by atoms with Gasteiger partial charge in [0.25, 0.3) is 0 Å². The Morgan fingerprint density at radius 3 is 2.61 bits per heavy atom. The van der Waals surface area contributed by atoms with Gasteiger partial charge in [-0.05, 0) is 31.2 Å². The van der Waals surface area contributed by atoms with Gasteiger partial charge in [-0.25, -0.2) is 0 Å². The largest absolute Gasteiger partial charge is 0.497 e. The molecule has 0 radical (unpaired) electrons. The van der Waals surface area contributed by atoms with Gasteiger partial charge >= 0.3 is 0 Å². The third-order valence-corrected chi connectivity index (χ3v) is 5.81. The number of hydrogen-bond acceptors (Lipinski definition) is 5. The first-order chi connectivity index (χ1) is 13.5. The van der Waals surface area contributed by atoms with Crippen molar-refractivity contribution in [3.63, 3.8) is 0 Å². The van der Waals surface area contributed by atoms with Crippen LogP contribution < -0.4 is 4.74 Å². The zero-order valence-electron chi connectivity index (χ0n) is 17.1. The molecule has 2 aliphatic rings. The SMILES string of the molecule is COCCN1C(=O)CC[C@@H](C(=O)N2CCN(C)CC2)[C@@H]1c1cccc(OC)c1. The normalized spacial score (nSPS) is 23.8. The van der Waals surface area contributed by atoms with Crippen molar-refractivity contribution in [2.45, 2.75) is 18.9 Å². The molecule has 1 aromatic rings. The molecule has 7 heteroatoms. The van der Waals surface area contributed by atoms with Gasteiger partial charge in [-0.3, -0.25) is 9.59 Å². The second-order valence-electron chi connectivity index (χ2n) is 7.58. The molecule has 3 rings (SSSR count). The molecule has 0 N–H and O–H groups in total. The highest BCUT2D eigenvalue weighted by atomic mass is 16.5. The lowest BCUT2D eigenvalue weighted by molar-refractivity contribution is -0.149. The van der Waals surface area contributed by atoms with Crippen LogP contribution >= 0.6 is 0 Å². The van der Waals surface area contributed by atoms with Crippen LogP contribution in [0, 0.1) is 5.92 Å². The fourth-order valence-electron chi connectivity index (χ4n) is 4.16. The lowest BCUT2D eigenvalue weighted by Crippen LogP contribution is -2.53. The Labute approximate surface area is 167 Å². The minimum Gasteiger partial charge on any atom is -0.497 e. The average Bonchev–Trinajstić information content (AvgIpc) is 2.72. The number of piperazine rings is 1. The summed E-state index contributed by atoms with van der Waals surface area (Å²) in [5.74, 6) is 0.709. The number of rotatable bonds is 6. The van der Waals surface area contributed by atoms with Gasteiger partial charge in [0, 0.05) is 46.3 Å². The van der Waals surface area contributed by atoms with E-state index in [0.717, 1.165) is 37.5 Å². The van der Waals surface area contributed by atoms with Crippen LogP contribution in [-0.4, -0.2) is 87.1 Å². The number of likely N-dealkylation sites (tertiary alicyclic amines) is 1. The molecule has 7 nitrogen and oxygen atoms in total. The zero-order chi connectivity index (χ0) is 20.1. The van der Waals surface area contributed by atoms with E-state index < -0.39 is 0 Å². The van der Waals surface area contributed by atoms with Gasteiger partial charge in [0.05, 0.1) is 25.7 Å². The Balaban J connectivity index is 1.91. The molecule has 2 aliphatic heterocycles. The van der Waals surface area contributed by atoms with Crippen molar-refractivity contribution in [1.29, 1.82) is 0 Å². The van der Waals surface area contributed by atoms with Crippen LogP contribution in [0.25, 0.3) is 0 Å². The van der Waals surface area contributed by atoms with Crippen molar-refractivity contribution in [1.82, 2.24) is 14.7 Å². The molecule has 0 bridgehead atoms. The molecule has 0 aromatic heterocycles. The van der Waals surface area contributed by atoms with E-state index in [2.05, 4.69) is 11.9 Å². The lowest BCUT2D eigenvalue weighted by atomic mass is 9.83. The van der Waals surface area contributed by atoms with Crippen LogP contribution in [0.5, 0.6) is 5.75 Å². The van der Waals surface area contributed by atoms with Crippen LogP contribution in [0.2, 0.25) is 0 Å². The molecule has 0 aliphatic carbocycles. The highest BCUT2D eigenvalue weighted by Gasteiger charge is 2.42. The lowest BCUT2D eigenvalue weighted by Gasteiger charge is -2.43. The van der Waals surface area contributed by atoms with Crippen LogP contribution in [0.3, 0.4) is 0 Å². The van der Waals surface area contributed by atoms with Gasteiger partial charge in [-0.2, -0.15) is 0 Å². The Bertz CT molecular complexity index is 688. The predicted molar refractivity (Wildman–Crippen MR) is 106 cm³/mol. The molecule has 0 spiro atoms. The van der Waals surface area contributed by atoms with E-state index in [1.807, 2.05) is 34.1 Å². The second kappa shape index (κ2) is 9.39. The highest BCUT2D eigenvalue weighted by Crippen LogP contribution is 2.39. The number of methoxy groups -OCH3 is 2. The van der Waals surface area contributed by atoms with E-state index in [-0.39, 0.29) is 23.8 Å². The number of piperidine rings is 1. The van der Waals surface area contributed by atoms with Gasteiger partial charge in [0.15, 0.2) is 0 Å². The number of hydrogen-bond donors (Lipinski definition) is 0. The second-order valence-corrected chi connectivity index (χ2v) is 7.58. The summed E-state index contributed by atoms with van der Waals surface area (Å²) in [6, 6.07) is 7.42. The summed E-state index contributed by atoms with van der Waals surface area (Å²) in [6.07, 6.45) is 0.976. The molecular formula is C21H31N3O4. The van der Waals surface area contributed by atoms with Gasteiger partial charge in [-0.1, -0.05) is 12.1 Å². The van der Waals surface area contributed by atoms with Crippen LogP contribution in [0.1, 0.15) is 24.4 Å². The summed E-state index contributed by atoms with van der Waals surface area (Å²) in [4.78, 5) is 32.2. The van der Waals surface area contributed by atoms with Crippen LogP contribution in [0.15, 0.2) is 24.3 Å². The van der Waals surface area contributed by atoms with E-state index in [0.29, 0.717) is 26.0 Å². The number of likely N-dealkylation sites (N-methyl/N-ethyl adjacent to an activating group) is 1. The fourth-order valence-corrected chi connectivity index (χ4v) is 4.16. The van der Waals surface area contributed by atoms with Crippen molar-refractivity contribution in [3.05, 3.63) is 29.8 Å². The third kappa shape index (κ3) is 4.47. The summed E-state index contributed by atoms with van der Waals surface area (Å²) in [5, 5.41) is 0. The van der Waals surface area contributed by atoms with Gasteiger partial charge in [0.1, 0.15) is 5.75 Å². The maximum absolute atomic E-state index is 13.4. The van der Waals surface area contributed by atoms with Crippen molar-refractivity contribution in [2.24, 2.45) is 5.92 Å². The maximum atomic E-state index is 13.4. The number of amides is 2. The molecule has 2 amide bonds. The summed E-state index contributed by atoms with van der Waals surface area (Å²) in [6.45, 7) is 4.17. The van der Waals surface area contributed by atoms with Crippen molar-refractivity contribution in [3.8, 4) is 5.75 Å². The average molecular weight is 389 g/mol. The Hall–Kier alpha value is -2.12. The van der Waals surface area contributed by atoms with Crippen LogP contribution in [0.4, 0.5) is 0 Å². The first-order valence-electron chi connectivity index (χ1n) is 9.95. The third-order valence-electron chi connectivity index (χ3n) is 5.81. The number of ether oxygens (including phenoxy) is 2. The van der Waals surface area contributed by atoms with E-state index in [4.69, 9.17) is 9.47 Å². The Kier molecular flexibility index (Phi) is 6.91. The number of nitrogens with zero attached hydrogens (tertiary/aromatic N) is 3. The number of carbonyl (C=O) groups excluding carboxylic acids is 2. The van der Waals surface area contributed by atoms with Gasteiger partial charge < -0.3 is 24.2 Å². The summed E-state index contributed by atoms with van der Waals surface area (Å²) >= 11 is 0. The molecule has 154 valence electrons. The van der Waals surface area contributed by atoms with E-state index in [1.165, 1.54) is 0 Å². The first-order valence-corrected chi connectivity index (χ1v) is 9.95. The number of carbonyl (C=O) groups is 2. The molecule has 28 heavy (non-hydrogen) atoms. The Morgan fingerprint density at radius 2 is 1.93 bits per heavy atom. The smallest absolute Gasteiger partial charge is 0.228 e. The monoisotopic (exact) mass is 389 g/mol. The van der Waals surface area contributed by atoms with Gasteiger partial charge in [-0.15, -0.1) is 0 Å². The van der Waals surface area contributed by atoms with Crippen LogP contribution in [-0.2, 0) is 14.3 Å². The van der Waals surface area contributed by atoms with E-state index in [9.17, 15) is 9.59 Å². The zero-order valence-corrected chi connectivity index (χ0v) is 17.1. The standard InChI is InChI=1S/C21H31N3O4/c1-22-9-11-23(12-10-22)21(26)18-7-8-19(25)24(13-14-27-2)20(18)16-5-4-6-17(15-16)28-3/h4-6,15,18,20H,7-14H2,1-3H3/t18-,20+/m1/s1. The molecule has 1 aromatic carbocycles. The number of benzene rings is 1. The molecular weight excluding hydrogens is 358 g/mol. The van der Waals surface area contributed by atoms with E-state index in [1.54, 1.807) is 14.2 Å². The van der Waals surface area contributed by atoms with Gasteiger partial charge in [0.2, 0.25) is 11.8 Å². The molecule has 2 fully saturated rings. The van der Waals surface area contributed by atoms with Crippen molar-refractivity contribution in [2.75, 3.05) is 60.6 Å². The summed E-state index contributed by atoms with van der Waals surface area (Å²) in [7, 11) is 5.33. The highest BCUT2D eigenvalue weighted by molar-refractivity contribution is 5.85. The molecule has 2 saturated heterocycles. The maximum Gasteiger partial charge on any atom is 0.228 e. The summed E-state index contributed by atoms with van der Waals surface area (Å²) in [5.41, 5.74) is 0.941. The minimum atomic E-state index is -0.293. The van der Waals surface area contributed by atoms with Crippen molar-refractivity contribution < 1.29 is 19.1 Å².